The molecule has 0 saturated carbocycles. The molecule has 0 atom stereocenters. The van der Waals surface area contributed by atoms with Crippen LogP contribution in [-0.2, 0) is 6.54 Å². The van der Waals surface area contributed by atoms with Crippen molar-refractivity contribution < 1.29 is 4.39 Å². The van der Waals surface area contributed by atoms with Crippen LogP contribution in [0.15, 0.2) is 35.9 Å². The van der Waals surface area contributed by atoms with E-state index in [-0.39, 0.29) is 5.82 Å². The molecule has 0 aliphatic heterocycles. The number of benzene rings is 1. The number of halogens is 1. The summed E-state index contributed by atoms with van der Waals surface area (Å²) in [5, 5.41) is 3.28. The van der Waals surface area contributed by atoms with Gasteiger partial charge in [-0.05, 0) is 31.5 Å². The highest BCUT2D eigenvalue weighted by Crippen LogP contribution is 2.02. The minimum absolute atomic E-state index is 0.182. The van der Waals surface area contributed by atoms with E-state index in [0.29, 0.717) is 0 Å². The van der Waals surface area contributed by atoms with E-state index < -0.39 is 0 Å². The number of hydrogen-bond donors (Lipinski definition) is 1. The molecule has 0 unspecified atom stereocenters. The molecule has 76 valence electrons. The van der Waals surface area contributed by atoms with Gasteiger partial charge in [0, 0.05) is 13.1 Å². The van der Waals surface area contributed by atoms with Gasteiger partial charge >= 0.3 is 0 Å². The van der Waals surface area contributed by atoms with Gasteiger partial charge in [0.05, 0.1) is 0 Å². The van der Waals surface area contributed by atoms with Crippen LogP contribution in [0.2, 0.25) is 0 Å². The molecule has 0 aliphatic rings. The Hall–Kier alpha value is -1.15. The lowest BCUT2D eigenvalue weighted by molar-refractivity contribution is 0.626. The molecule has 0 aliphatic carbocycles. The van der Waals surface area contributed by atoms with E-state index in [1.807, 2.05) is 6.92 Å². The molecule has 0 amide bonds. The van der Waals surface area contributed by atoms with Gasteiger partial charge in [0.15, 0.2) is 0 Å². The Labute approximate surface area is 84.6 Å². The van der Waals surface area contributed by atoms with Gasteiger partial charge in [-0.25, -0.2) is 4.39 Å². The molecule has 0 fully saturated rings. The van der Waals surface area contributed by atoms with Crippen LogP contribution in [0.25, 0.3) is 0 Å². The lowest BCUT2D eigenvalue weighted by atomic mass is 10.2. The minimum Gasteiger partial charge on any atom is -0.309 e. The van der Waals surface area contributed by atoms with Crippen molar-refractivity contribution in [2.45, 2.75) is 20.4 Å². The molecule has 14 heavy (non-hydrogen) atoms. The van der Waals surface area contributed by atoms with Crippen LogP contribution in [0.4, 0.5) is 4.39 Å². The molecule has 1 N–H and O–H groups in total. The van der Waals surface area contributed by atoms with Crippen LogP contribution in [0.5, 0.6) is 0 Å². The maximum absolute atomic E-state index is 12.6. The van der Waals surface area contributed by atoms with Gasteiger partial charge in [-0.2, -0.15) is 0 Å². The van der Waals surface area contributed by atoms with Crippen LogP contribution in [0, 0.1) is 5.82 Å². The summed E-state index contributed by atoms with van der Waals surface area (Å²) < 4.78 is 12.6. The largest absolute Gasteiger partial charge is 0.309 e. The maximum atomic E-state index is 12.6. The van der Waals surface area contributed by atoms with Gasteiger partial charge in [0.2, 0.25) is 0 Å². The van der Waals surface area contributed by atoms with Crippen molar-refractivity contribution in [1.82, 2.24) is 5.32 Å². The van der Waals surface area contributed by atoms with E-state index in [1.165, 1.54) is 17.7 Å². The average Bonchev–Trinajstić information content (AvgIpc) is 2.21. The lowest BCUT2D eigenvalue weighted by Crippen LogP contribution is -2.15. The fraction of sp³-hybridized carbons (Fsp3) is 0.333. The fourth-order valence-electron chi connectivity index (χ4n) is 1.11. The molecule has 0 aromatic heterocycles. The molecular formula is C12H16FN. The van der Waals surface area contributed by atoms with E-state index in [1.54, 1.807) is 12.1 Å². The van der Waals surface area contributed by atoms with Crippen molar-refractivity contribution in [2.75, 3.05) is 6.54 Å². The van der Waals surface area contributed by atoms with Crippen LogP contribution < -0.4 is 5.32 Å². The fourth-order valence-corrected chi connectivity index (χ4v) is 1.11. The molecule has 1 rings (SSSR count). The molecular weight excluding hydrogens is 177 g/mol. The molecule has 0 heterocycles. The highest BCUT2D eigenvalue weighted by Gasteiger charge is 1.93. The highest BCUT2D eigenvalue weighted by molar-refractivity contribution is 5.16. The summed E-state index contributed by atoms with van der Waals surface area (Å²) in [4.78, 5) is 0. The lowest BCUT2D eigenvalue weighted by Gasteiger charge is -2.04. The van der Waals surface area contributed by atoms with Crippen molar-refractivity contribution in [2.24, 2.45) is 0 Å². The zero-order valence-corrected chi connectivity index (χ0v) is 8.68. The van der Waals surface area contributed by atoms with Gasteiger partial charge in [0.1, 0.15) is 5.82 Å². The first-order valence-corrected chi connectivity index (χ1v) is 4.79. The quantitative estimate of drug-likeness (QED) is 0.725. The summed E-state index contributed by atoms with van der Waals surface area (Å²) in [5.74, 6) is -0.182. The Morgan fingerprint density at radius 3 is 2.57 bits per heavy atom. The maximum Gasteiger partial charge on any atom is 0.123 e. The Kier molecular flexibility index (Phi) is 4.33. The monoisotopic (exact) mass is 193 g/mol. The Morgan fingerprint density at radius 2 is 2.00 bits per heavy atom. The van der Waals surface area contributed by atoms with Gasteiger partial charge in [-0.3, -0.25) is 0 Å². The standard InChI is InChI=1S/C12H16FN/c1-3-10(2)8-14-9-11-4-6-12(13)7-5-11/h3-7,14H,8-9H2,1-2H3/b10-3+. The second kappa shape index (κ2) is 5.55. The summed E-state index contributed by atoms with van der Waals surface area (Å²) in [5.41, 5.74) is 2.42. The minimum atomic E-state index is -0.182. The second-order valence-electron chi connectivity index (χ2n) is 3.37. The topological polar surface area (TPSA) is 12.0 Å². The van der Waals surface area contributed by atoms with Crippen molar-refractivity contribution in [3.8, 4) is 0 Å². The SMILES string of the molecule is C/C=C(\C)CNCc1ccc(F)cc1. The van der Waals surface area contributed by atoms with E-state index in [4.69, 9.17) is 0 Å². The number of hydrogen-bond acceptors (Lipinski definition) is 1. The van der Waals surface area contributed by atoms with Crippen molar-refractivity contribution in [3.05, 3.63) is 47.3 Å². The molecule has 0 radical (unpaired) electrons. The van der Waals surface area contributed by atoms with Gasteiger partial charge in [0.25, 0.3) is 0 Å². The third-order valence-corrected chi connectivity index (χ3v) is 2.14. The molecule has 1 aromatic rings. The molecule has 0 spiro atoms. The normalized spacial score (nSPS) is 11.8. The van der Waals surface area contributed by atoms with Crippen LogP contribution >= 0.6 is 0 Å². The van der Waals surface area contributed by atoms with Crippen LogP contribution in [0.3, 0.4) is 0 Å². The van der Waals surface area contributed by atoms with E-state index in [0.717, 1.165) is 18.7 Å². The summed E-state index contributed by atoms with van der Waals surface area (Å²) in [6.07, 6.45) is 2.08. The second-order valence-corrected chi connectivity index (χ2v) is 3.37. The number of rotatable bonds is 4. The average molecular weight is 193 g/mol. The zero-order valence-electron chi connectivity index (χ0n) is 8.68. The predicted octanol–water partition coefficient (Wildman–Crippen LogP) is 2.88. The van der Waals surface area contributed by atoms with E-state index in [9.17, 15) is 4.39 Å². The first-order chi connectivity index (χ1) is 6.72. The summed E-state index contributed by atoms with van der Waals surface area (Å²) in [6.45, 7) is 5.77. The van der Waals surface area contributed by atoms with Crippen molar-refractivity contribution in [3.63, 3.8) is 0 Å². The Balaban J connectivity index is 2.35. The van der Waals surface area contributed by atoms with E-state index in [2.05, 4.69) is 18.3 Å². The third kappa shape index (κ3) is 3.71. The number of nitrogens with one attached hydrogen (secondary N) is 1. The van der Waals surface area contributed by atoms with Gasteiger partial charge in [-0.15, -0.1) is 0 Å². The van der Waals surface area contributed by atoms with Crippen molar-refractivity contribution >= 4 is 0 Å². The Morgan fingerprint density at radius 1 is 1.36 bits per heavy atom. The number of allylic oxidation sites excluding steroid dienone is 1. The first kappa shape index (κ1) is 10.9. The summed E-state index contributed by atoms with van der Waals surface area (Å²) in [7, 11) is 0. The van der Waals surface area contributed by atoms with Crippen LogP contribution in [-0.4, -0.2) is 6.54 Å². The summed E-state index contributed by atoms with van der Waals surface area (Å²) >= 11 is 0. The summed E-state index contributed by atoms with van der Waals surface area (Å²) in [6, 6.07) is 6.57. The van der Waals surface area contributed by atoms with Gasteiger partial charge in [-0.1, -0.05) is 23.8 Å². The van der Waals surface area contributed by atoms with Crippen molar-refractivity contribution in [1.29, 1.82) is 0 Å². The molecule has 2 heteroatoms. The van der Waals surface area contributed by atoms with Crippen LogP contribution in [0.1, 0.15) is 19.4 Å². The molecule has 0 bridgehead atoms. The molecule has 1 aromatic carbocycles. The molecule has 0 saturated heterocycles. The third-order valence-electron chi connectivity index (χ3n) is 2.14. The highest BCUT2D eigenvalue weighted by atomic mass is 19.1. The first-order valence-electron chi connectivity index (χ1n) is 4.79. The van der Waals surface area contributed by atoms with Gasteiger partial charge < -0.3 is 5.32 Å². The zero-order chi connectivity index (χ0) is 10.4. The van der Waals surface area contributed by atoms with E-state index >= 15 is 0 Å². The smallest absolute Gasteiger partial charge is 0.123 e. The predicted molar refractivity (Wildman–Crippen MR) is 57.5 cm³/mol. The Bertz CT molecular complexity index is 301. The molecule has 1 nitrogen and oxygen atoms in total.